The Morgan fingerprint density at radius 2 is 1.58 bits per heavy atom. The summed E-state index contributed by atoms with van der Waals surface area (Å²) >= 11 is 0. The predicted molar refractivity (Wildman–Crippen MR) is 194 cm³/mol. The van der Waals surface area contributed by atoms with E-state index in [1.807, 2.05) is 78.9 Å². The van der Waals surface area contributed by atoms with Gasteiger partial charge < -0.3 is 9.52 Å². The summed E-state index contributed by atoms with van der Waals surface area (Å²) in [6, 6.07) is 19.8. The molecule has 253 valence electrons. The number of hydrogen-bond donors (Lipinski definition) is 1. The van der Waals surface area contributed by atoms with E-state index in [4.69, 9.17) is 14.4 Å². The van der Waals surface area contributed by atoms with Crippen LogP contribution in [0.3, 0.4) is 0 Å². The van der Waals surface area contributed by atoms with Crippen LogP contribution in [0.2, 0.25) is 0 Å². The molecule has 6 nitrogen and oxygen atoms in total. The van der Waals surface area contributed by atoms with E-state index in [2.05, 4.69) is 56.1 Å². The minimum Gasteiger partial charge on any atom is -0.512 e. The van der Waals surface area contributed by atoms with Crippen molar-refractivity contribution in [3.8, 4) is 11.3 Å². The molecule has 7 heteroatoms. The largest absolute Gasteiger partial charge is 0.512 e. The van der Waals surface area contributed by atoms with E-state index in [9.17, 15) is 9.90 Å². The molecule has 1 N–H and O–H groups in total. The number of para-hydroxylation sites is 1. The Kier molecular flexibility index (Phi) is 11.0. The van der Waals surface area contributed by atoms with Crippen LogP contribution < -0.4 is 0 Å². The molecule has 48 heavy (non-hydrogen) atoms. The van der Waals surface area contributed by atoms with Crippen molar-refractivity contribution in [2.45, 2.75) is 88.0 Å². The molecule has 6 rings (SSSR count). The number of benzene rings is 3. The monoisotopic (exact) mass is 821 g/mol. The third-order valence-corrected chi connectivity index (χ3v) is 9.61. The van der Waals surface area contributed by atoms with Crippen LogP contribution in [0.4, 0.5) is 0 Å². The van der Waals surface area contributed by atoms with Gasteiger partial charge in [0.05, 0.1) is 11.1 Å². The number of aromatic nitrogens is 3. The first-order chi connectivity index (χ1) is 22.2. The summed E-state index contributed by atoms with van der Waals surface area (Å²) in [4.78, 5) is 26.4. The zero-order valence-electron chi connectivity index (χ0n) is 29.7. The first-order valence-electron chi connectivity index (χ1n) is 16.5. The summed E-state index contributed by atoms with van der Waals surface area (Å²) in [5.74, 6) is 1.20. The average Bonchev–Trinajstić information content (AvgIpc) is 3.44. The number of fused-ring (bicyclic) bond motifs is 6. The van der Waals surface area contributed by atoms with Gasteiger partial charge in [0.15, 0.2) is 5.78 Å². The Bertz CT molecular complexity index is 2160. The third-order valence-electron chi connectivity index (χ3n) is 9.61. The van der Waals surface area contributed by atoms with Gasteiger partial charge in [0, 0.05) is 76.7 Å². The van der Waals surface area contributed by atoms with Gasteiger partial charge in [-0.3, -0.25) is 14.8 Å². The number of furan rings is 1. The van der Waals surface area contributed by atoms with Crippen LogP contribution >= 0.6 is 0 Å². The summed E-state index contributed by atoms with van der Waals surface area (Å²) in [5, 5.41) is 15.3. The number of allylic oxidation sites excluding steroid dienone is 2. The molecule has 0 spiro atoms. The molecule has 6 aromatic rings. The molecule has 3 aromatic carbocycles. The number of carbonyl (C=O) groups is 1. The third kappa shape index (κ3) is 6.95. The van der Waals surface area contributed by atoms with Crippen LogP contribution in [0, 0.1) is 30.7 Å². The SMILES string of the molecule is CCC(C)(C)C(=O)/C=C(\O)C(C)(C)CC.Cc1ncc(C)c2c1ccc1c(-c3[c-]ccc4c3oc3ccccc34)nc(C(C)C)nc12.[Ir]. The predicted octanol–water partition coefficient (Wildman–Crippen LogP) is 11.2. The molecule has 0 bridgehead atoms. The topological polar surface area (TPSA) is 89.1 Å². The van der Waals surface area contributed by atoms with Gasteiger partial charge in [-0.15, -0.1) is 18.2 Å². The summed E-state index contributed by atoms with van der Waals surface area (Å²) in [6.07, 6.45) is 4.92. The molecule has 3 aromatic heterocycles. The number of rotatable bonds is 7. The van der Waals surface area contributed by atoms with Gasteiger partial charge in [-0.05, 0) is 43.7 Å². The van der Waals surface area contributed by atoms with E-state index < -0.39 is 0 Å². The number of carbonyl (C=O) groups excluding carboxylic acids is 1. The molecule has 3 heterocycles. The molecule has 0 unspecified atom stereocenters. The molecular formula is C41H46IrN3O3-. The standard InChI is InChI=1S/C28H22N3O.C13H24O2.Ir/c1-15(2)28-30-25(21-13-12-18-17(4)29-14-16(3)24(18)26(21)31-28)22-10-7-9-20-19-8-5-6-11-23(19)32-27(20)22;1-7-12(3,4)10(14)9-11(15)13(5,6)8-2;/h5-9,11-15H,1-4H3;9,14H,7-8H2,1-6H3;/q-1;;/b;10-9-;. The summed E-state index contributed by atoms with van der Waals surface area (Å²) in [7, 11) is 0. The zero-order valence-corrected chi connectivity index (χ0v) is 32.1. The van der Waals surface area contributed by atoms with Gasteiger partial charge in [0.1, 0.15) is 17.2 Å². The Hall–Kier alpha value is -3.93. The maximum absolute atomic E-state index is 11.8. The number of aryl methyl sites for hydroxylation is 2. The number of aliphatic hydroxyl groups is 1. The minimum atomic E-state index is -0.377. The normalized spacial score (nSPS) is 12.4. The Labute approximate surface area is 297 Å². The number of ketones is 1. The van der Waals surface area contributed by atoms with Crippen molar-refractivity contribution >= 4 is 49.4 Å². The van der Waals surface area contributed by atoms with Gasteiger partial charge >= 0.3 is 0 Å². The minimum absolute atomic E-state index is 0. The van der Waals surface area contributed by atoms with Crippen LogP contribution in [-0.4, -0.2) is 25.8 Å². The molecule has 0 aliphatic carbocycles. The molecule has 0 fully saturated rings. The Morgan fingerprint density at radius 1 is 0.917 bits per heavy atom. The Morgan fingerprint density at radius 3 is 2.25 bits per heavy atom. The Balaban J connectivity index is 0.000000279. The van der Waals surface area contributed by atoms with Gasteiger partial charge in [-0.25, -0.2) is 4.98 Å². The van der Waals surface area contributed by atoms with Crippen molar-refractivity contribution in [2.75, 3.05) is 0 Å². The summed E-state index contributed by atoms with van der Waals surface area (Å²) < 4.78 is 6.32. The zero-order chi connectivity index (χ0) is 34.3. The van der Waals surface area contributed by atoms with Crippen LogP contribution in [0.5, 0.6) is 0 Å². The van der Waals surface area contributed by atoms with Gasteiger partial charge in [0.25, 0.3) is 0 Å². The second-order valence-electron chi connectivity index (χ2n) is 14.1. The van der Waals surface area contributed by atoms with E-state index >= 15 is 0 Å². The van der Waals surface area contributed by atoms with Crippen molar-refractivity contribution in [1.29, 1.82) is 0 Å². The van der Waals surface area contributed by atoms with E-state index in [0.717, 1.165) is 84.8 Å². The van der Waals surface area contributed by atoms with Gasteiger partial charge in [-0.2, -0.15) is 0 Å². The molecule has 0 aliphatic rings. The summed E-state index contributed by atoms with van der Waals surface area (Å²) in [6.45, 7) is 20.0. The molecule has 0 saturated carbocycles. The molecule has 0 amide bonds. The number of pyridine rings is 1. The van der Waals surface area contributed by atoms with E-state index in [-0.39, 0.29) is 48.4 Å². The molecule has 0 atom stereocenters. The fourth-order valence-electron chi connectivity index (χ4n) is 5.43. The number of nitrogens with zero attached hydrogens (tertiary/aromatic N) is 3. The average molecular weight is 821 g/mol. The molecule has 0 aliphatic heterocycles. The van der Waals surface area contributed by atoms with Crippen LogP contribution in [0.1, 0.15) is 91.2 Å². The van der Waals surface area contributed by atoms with E-state index in [1.54, 1.807) is 0 Å². The molecular weight excluding hydrogens is 775 g/mol. The maximum Gasteiger partial charge on any atom is 0.164 e. The summed E-state index contributed by atoms with van der Waals surface area (Å²) in [5.41, 5.74) is 5.80. The smallest absolute Gasteiger partial charge is 0.164 e. The number of aliphatic hydroxyl groups excluding tert-OH is 1. The van der Waals surface area contributed by atoms with Crippen LogP contribution in [-0.2, 0) is 24.9 Å². The van der Waals surface area contributed by atoms with Crippen LogP contribution in [0.15, 0.2) is 71.0 Å². The quantitative estimate of drug-likeness (QED) is 0.0747. The fourth-order valence-corrected chi connectivity index (χ4v) is 5.43. The molecule has 0 saturated heterocycles. The van der Waals surface area contributed by atoms with Crippen molar-refractivity contribution in [3.63, 3.8) is 0 Å². The first kappa shape index (κ1) is 36.9. The molecule has 1 radical (unpaired) electrons. The van der Waals surface area contributed by atoms with Gasteiger partial charge in [-0.1, -0.05) is 96.7 Å². The first-order valence-corrected chi connectivity index (χ1v) is 16.5. The second kappa shape index (κ2) is 14.3. The van der Waals surface area contributed by atoms with Crippen LogP contribution in [0.25, 0.3) is 54.9 Å². The maximum atomic E-state index is 11.8. The van der Waals surface area contributed by atoms with Crippen molar-refractivity contribution < 1.29 is 34.4 Å². The van der Waals surface area contributed by atoms with E-state index in [0.29, 0.717) is 0 Å². The number of hydrogen-bond acceptors (Lipinski definition) is 6. The van der Waals surface area contributed by atoms with Gasteiger partial charge in [0.2, 0.25) is 0 Å². The van der Waals surface area contributed by atoms with Crippen molar-refractivity contribution in [2.24, 2.45) is 10.8 Å². The fraction of sp³-hybridized carbons (Fsp3) is 0.366. The second-order valence-corrected chi connectivity index (χ2v) is 14.1. The van der Waals surface area contributed by atoms with Crippen molar-refractivity contribution in [3.05, 3.63) is 89.7 Å². The van der Waals surface area contributed by atoms with E-state index in [1.165, 1.54) is 6.08 Å². The van der Waals surface area contributed by atoms with Crippen molar-refractivity contribution in [1.82, 2.24) is 15.0 Å².